The zero-order valence-corrected chi connectivity index (χ0v) is 26.8. The van der Waals surface area contributed by atoms with Crippen LogP contribution in [0.25, 0.3) is 5.65 Å². The fourth-order valence-electron chi connectivity index (χ4n) is 4.93. The number of ether oxygens (including phenoxy) is 3. The molecule has 15 heteroatoms. The van der Waals surface area contributed by atoms with Crippen LogP contribution in [-0.4, -0.2) is 98.8 Å². The van der Waals surface area contributed by atoms with Gasteiger partial charge < -0.3 is 28.5 Å². The molecule has 1 aromatic carbocycles. The summed E-state index contributed by atoms with van der Waals surface area (Å²) >= 11 is 0. The molecule has 1 saturated heterocycles. The molecule has 1 aliphatic heterocycles. The topological polar surface area (TPSA) is 154 Å². The number of hydrogen-bond donors (Lipinski definition) is 2. The summed E-state index contributed by atoms with van der Waals surface area (Å²) in [5, 5.41) is 21.8. The van der Waals surface area contributed by atoms with Crippen molar-refractivity contribution in [1.82, 2.24) is 24.3 Å². The lowest BCUT2D eigenvalue weighted by Crippen LogP contribution is -2.40. The van der Waals surface area contributed by atoms with Crippen LogP contribution in [0.15, 0.2) is 48.0 Å². The van der Waals surface area contributed by atoms with Crippen LogP contribution in [0.1, 0.15) is 63.1 Å². The average molecular weight is 632 g/mol. The van der Waals surface area contributed by atoms with Gasteiger partial charge in [0.2, 0.25) is 5.95 Å². The summed E-state index contributed by atoms with van der Waals surface area (Å²) in [4.78, 5) is 21.6. The molecular formula is C29H42N7O7P. The smallest absolute Gasteiger partial charge is 0.347 e. The number of nitrogens with one attached hydrogen (secondary N) is 1. The van der Waals surface area contributed by atoms with Crippen LogP contribution in [0, 0.1) is 0 Å². The van der Waals surface area contributed by atoms with Crippen LogP contribution in [0.5, 0.6) is 0 Å². The second-order valence-corrected chi connectivity index (χ2v) is 11.9. The zero-order valence-electron chi connectivity index (χ0n) is 25.9. The zero-order chi connectivity index (χ0) is 31.6. The molecule has 0 radical (unpaired) electrons. The minimum atomic E-state index is -1.74. The van der Waals surface area contributed by atoms with E-state index < -0.39 is 32.9 Å². The first-order chi connectivity index (χ1) is 21.3. The number of benzene rings is 1. The molecule has 0 saturated carbocycles. The summed E-state index contributed by atoms with van der Waals surface area (Å²) < 4.78 is 34.1. The second-order valence-electron chi connectivity index (χ2n) is 10.6. The van der Waals surface area contributed by atoms with Crippen molar-refractivity contribution in [2.75, 3.05) is 32.2 Å². The van der Waals surface area contributed by atoms with E-state index in [4.69, 9.17) is 23.4 Å². The second kappa shape index (κ2) is 16.3. The van der Waals surface area contributed by atoms with Gasteiger partial charge in [0.1, 0.15) is 30.7 Å². The largest absolute Gasteiger partial charge is 0.394 e. The quantitative estimate of drug-likeness (QED) is 0.102. The van der Waals surface area contributed by atoms with Gasteiger partial charge >= 0.3 is 8.53 Å². The van der Waals surface area contributed by atoms with Crippen LogP contribution in [0.4, 0.5) is 5.95 Å². The van der Waals surface area contributed by atoms with Crippen LogP contribution in [-0.2, 0) is 23.4 Å². The standard InChI is InChI=1S/C29H42N7O7P/c1-7-13-33-43-44(36(19(2)3)20(4)5)42-26-24(41-23(17-37)25(26)40-15-14-39-6)22-16-32-35-27(22)30-18-31-29(35)34-28(38)21-11-9-8-10-12-21/h8-13,16,18-20,23-26,37H,7,14-15,17H2,1-6H3,(H,30,31,34,38)/b33-13+. The van der Waals surface area contributed by atoms with E-state index in [-0.39, 0.29) is 37.2 Å². The lowest BCUT2D eigenvalue weighted by molar-refractivity contribution is -0.0638. The van der Waals surface area contributed by atoms with Gasteiger partial charge in [-0.15, -0.1) is 0 Å². The molecule has 3 aromatic rings. The molecule has 5 atom stereocenters. The SMILES string of the molecule is CC/C=N/OP(OC1C(c2cnn3c(NC(=O)c4ccccc4)ncnc23)OC(CO)C1OCCOC)N(C(C)C)C(C)C. The Bertz CT molecular complexity index is 1350. The summed E-state index contributed by atoms with van der Waals surface area (Å²) in [6.07, 6.45) is 2.39. The number of rotatable bonds is 16. The van der Waals surface area contributed by atoms with Crippen LogP contribution in [0.3, 0.4) is 0 Å². The summed E-state index contributed by atoms with van der Waals surface area (Å²) in [7, 11) is -0.152. The number of amides is 1. The van der Waals surface area contributed by atoms with E-state index in [0.29, 0.717) is 29.8 Å². The van der Waals surface area contributed by atoms with Gasteiger partial charge in [-0.25, -0.2) is 14.6 Å². The summed E-state index contributed by atoms with van der Waals surface area (Å²) in [5.74, 6) is -0.159. The fraction of sp³-hybridized carbons (Fsp3) is 0.552. The highest BCUT2D eigenvalue weighted by Crippen LogP contribution is 2.52. The predicted molar refractivity (Wildman–Crippen MR) is 165 cm³/mol. The molecule has 0 bridgehead atoms. The number of carbonyl (C=O) groups is 1. The third-order valence-electron chi connectivity index (χ3n) is 6.82. The van der Waals surface area contributed by atoms with Gasteiger partial charge in [0, 0.05) is 36.5 Å². The minimum absolute atomic E-state index is 0.0701. The number of oxime groups is 1. The average Bonchev–Trinajstić information content (AvgIpc) is 3.59. The number of fused-ring (bicyclic) bond motifs is 1. The van der Waals surface area contributed by atoms with Crippen molar-refractivity contribution in [3.8, 4) is 0 Å². The Hall–Kier alpha value is -3.10. The van der Waals surface area contributed by atoms with Crippen molar-refractivity contribution < 1.29 is 33.3 Å². The molecule has 44 heavy (non-hydrogen) atoms. The Morgan fingerprint density at radius 1 is 1.18 bits per heavy atom. The molecule has 2 N–H and O–H groups in total. The van der Waals surface area contributed by atoms with Crippen molar-refractivity contribution in [3.63, 3.8) is 0 Å². The van der Waals surface area contributed by atoms with Gasteiger partial charge in [-0.1, -0.05) is 30.3 Å². The maximum atomic E-state index is 12.9. The number of aromatic nitrogens is 4. The van der Waals surface area contributed by atoms with E-state index in [1.54, 1.807) is 43.8 Å². The molecule has 5 unspecified atom stereocenters. The molecule has 3 heterocycles. The molecule has 1 aliphatic rings. The minimum Gasteiger partial charge on any atom is -0.394 e. The molecule has 1 fully saturated rings. The Labute approximate surface area is 258 Å². The molecule has 2 aromatic heterocycles. The molecule has 240 valence electrons. The van der Waals surface area contributed by atoms with Gasteiger partial charge in [-0.05, 0) is 46.2 Å². The maximum absolute atomic E-state index is 12.9. The van der Waals surface area contributed by atoms with Crippen LogP contribution < -0.4 is 5.32 Å². The van der Waals surface area contributed by atoms with E-state index >= 15 is 0 Å². The number of anilines is 1. The molecule has 4 rings (SSSR count). The molecule has 0 spiro atoms. The first kappa shape index (κ1) is 33.8. The fourth-order valence-corrected chi connectivity index (χ4v) is 6.50. The third kappa shape index (κ3) is 7.94. The highest BCUT2D eigenvalue weighted by molar-refractivity contribution is 7.44. The van der Waals surface area contributed by atoms with Crippen molar-refractivity contribution in [2.24, 2.45) is 5.16 Å². The normalized spacial score (nSPS) is 21.2. The van der Waals surface area contributed by atoms with Gasteiger partial charge in [0.15, 0.2) is 5.65 Å². The Balaban J connectivity index is 1.72. The molecule has 1 amide bonds. The Morgan fingerprint density at radius 3 is 2.59 bits per heavy atom. The third-order valence-corrected chi connectivity index (χ3v) is 8.78. The van der Waals surface area contributed by atoms with E-state index in [9.17, 15) is 9.90 Å². The molecule has 14 nitrogen and oxygen atoms in total. The van der Waals surface area contributed by atoms with Crippen molar-refractivity contribution in [3.05, 3.63) is 54.0 Å². The first-order valence-corrected chi connectivity index (χ1v) is 15.8. The van der Waals surface area contributed by atoms with E-state index in [1.165, 1.54) is 10.8 Å². The highest BCUT2D eigenvalue weighted by Gasteiger charge is 2.50. The number of carbonyl (C=O) groups excluding carboxylic acids is 1. The predicted octanol–water partition coefficient (Wildman–Crippen LogP) is 3.98. The van der Waals surface area contributed by atoms with Crippen LogP contribution >= 0.6 is 8.53 Å². The molecule has 0 aliphatic carbocycles. The lowest BCUT2D eigenvalue weighted by atomic mass is 10.0. The van der Waals surface area contributed by atoms with E-state index in [1.807, 2.05) is 13.0 Å². The van der Waals surface area contributed by atoms with Gasteiger partial charge in [-0.2, -0.15) is 9.61 Å². The Morgan fingerprint density at radius 2 is 1.93 bits per heavy atom. The number of hydrogen-bond acceptors (Lipinski definition) is 12. The van der Waals surface area contributed by atoms with Gasteiger partial charge in [0.05, 0.1) is 26.0 Å². The maximum Gasteiger partial charge on any atom is 0.347 e. The van der Waals surface area contributed by atoms with Gasteiger partial charge in [0.25, 0.3) is 5.91 Å². The lowest BCUT2D eigenvalue weighted by Gasteiger charge is -2.36. The van der Waals surface area contributed by atoms with Crippen molar-refractivity contribution in [1.29, 1.82) is 0 Å². The number of aliphatic hydroxyl groups excluding tert-OH is 1. The monoisotopic (exact) mass is 631 g/mol. The van der Waals surface area contributed by atoms with Gasteiger partial charge in [-0.3, -0.25) is 10.1 Å². The molecular weight excluding hydrogens is 589 g/mol. The van der Waals surface area contributed by atoms with Crippen molar-refractivity contribution >= 4 is 32.2 Å². The summed E-state index contributed by atoms with van der Waals surface area (Å²) in [5.41, 5.74) is 1.44. The summed E-state index contributed by atoms with van der Waals surface area (Å²) in [6.45, 7) is 10.5. The summed E-state index contributed by atoms with van der Waals surface area (Å²) in [6, 6.07) is 8.95. The highest BCUT2D eigenvalue weighted by atomic mass is 31.2. The number of aliphatic hydroxyl groups is 1. The Kier molecular flexibility index (Phi) is 12.5. The van der Waals surface area contributed by atoms with Crippen molar-refractivity contribution in [2.45, 2.75) is 77.5 Å². The first-order valence-electron chi connectivity index (χ1n) is 14.7. The van der Waals surface area contributed by atoms with E-state index in [0.717, 1.165) is 0 Å². The number of nitrogens with zero attached hydrogens (tertiary/aromatic N) is 6. The number of methoxy groups -OCH3 is 1. The van der Waals surface area contributed by atoms with Crippen LogP contribution in [0.2, 0.25) is 0 Å². The van der Waals surface area contributed by atoms with E-state index in [2.05, 4.69) is 57.9 Å².